The van der Waals surface area contributed by atoms with Crippen molar-refractivity contribution in [3.63, 3.8) is 0 Å². The summed E-state index contributed by atoms with van der Waals surface area (Å²) in [5.74, 6) is 2.38. The van der Waals surface area contributed by atoms with Gasteiger partial charge < -0.3 is 15.4 Å². The largest absolute Gasteiger partial charge is 0.381 e. The Kier molecular flexibility index (Phi) is 4.70. The highest BCUT2D eigenvalue weighted by atomic mass is 32.2. The van der Waals surface area contributed by atoms with E-state index in [0.29, 0.717) is 12.5 Å². The van der Waals surface area contributed by atoms with E-state index >= 15 is 0 Å². The van der Waals surface area contributed by atoms with E-state index in [4.69, 9.17) is 4.74 Å². The molecule has 2 rings (SSSR count). The molecule has 2 fully saturated rings. The van der Waals surface area contributed by atoms with Crippen LogP contribution in [0.3, 0.4) is 0 Å². The zero-order chi connectivity index (χ0) is 12.1. The summed E-state index contributed by atoms with van der Waals surface area (Å²) in [5, 5.41) is 6.57. The monoisotopic (exact) mass is 258 g/mol. The first-order chi connectivity index (χ1) is 8.18. The SMILES string of the molecule is CC1(NC(=O)CC2CSCCN2)CCOCC1. The summed E-state index contributed by atoms with van der Waals surface area (Å²) in [6.07, 6.45) is 2.45. The zero-order valence-electron chi connectivity index (χ0n) is 10.5. The number of carbonyl (C=O) groups is 1. The predicted molar refractivity (Wildman–Crippen MR) is 70.3 cm³/mol. The number of rotatable bonds is 3. The summed E-state index contributed by atoms with van der Waals surface area (Å²) in [4.78, 5) is 12.0. The van der Waals surface area contributed by atoms with Gasteiger partial charge in [0, 0.05) is 49.3 Å². The average molecular weight is 258 g/mol. The maximum Gasteiger partial charge on any atom is 0.222 e. The molecule has 0 spiro atoms. The van der Waals surface area contributed by atoms with E-state index in [1.807, 2.05) is 11.8 Å². The molecule has 0 aliphatic carbocycles. The van der Waals surface area contributed by atoms with Crippen LogP contribution in [-0.2, 0) is 9.53 Å². The molecule has 2 aliphatic rings. The number of thioether (sulfide) groups is 1. The standard InChI is InChI=1S/C12H22N2O2S/c1-12(2-5-16-6-3-12)14-11(15)8-10-9-17-7-4-13-10/h10,13H,2-9H2,1H3,(H,14,15). The minimum Gasteiger partial charge on any atom is -0.381 e. The molecule has 0 bridgehead atoms. The summed E-state index contributed by atoms with van der Waals surface area (Å²) >= 11 is 1.93. The molecule has 1 amide bonds. The van der Waals surface area contributed by atoms with Crippen molar-refractivity contribution in [2.45, 2.75) is 37.8 Å². The first-order valence-corrected chi connectivity index (χ1v) is 7.53. The van der Waals surface area contributed by atoms with Gasteiger partial charge in [-0.1, -0.05) is 0 Å². The van der Waals surface area contributed by atoms with Crippen molar-refractivity contribution in [1.29, 1.82) is 0 Å². The normalized spacial score (nSPS) is 28.6. The van der Waals surface area contributed by atoms with E-state index in [-0.39, 0.29) is 11.4 Å². The number of hydrogen-bond acceptors (Lipinski definition) is 4. The zero-order valence-corrected chi connectivity index (χ0v) is 11.3. The predicted octanol–water partition coefficient (Wildman–Crippen LogP) is 0.767. The van der Waals surface area contributed by atoms with Gasteiger partial charge in [0.25, 0.3) is 0 Å². The summed E-state index contributed by atoms with van der Waals surface area (Å²) in [6, 6.07) is 0.345. The van der Waals surface area contributed by atoms with E-state index in [0.717, 1.165) is 44.1 Å². The Hall–Kier alpha value is -0.260. The Morgan fingerprint density at radius 3 is 2.94 bits per heavy atom. The molecule has 98 valence electrons. The van der Waals surface area contributed by atoms with Crippen molar-refractivity contribution >= 4 is 17.7 Å². The van der Waals surface area contributed by atoms with Crippen molar-refractivity contribution in [1.82, 2.24) is 10.6 Å². The Bertz CT molecular complexity index is 261. The fraction of sp³-hybridized carbons (Fsp3) is 0.917. The van der Waals surface area contributed by atoms with E-state index < -0.39 is 0 Å². The van der Waals surface area contributed by atoms with Crippen LogP contribution in [0.5, 0.6) is 0 Å². The van der Waals surface area contributed by atoms with Crippen LogP contribution in [-0.4, -0.2) is 48.8 Å². The third-order valence-corrected chi connectivity index (χ3v) is 4.60. The third kappa shape index (κ3) is 4.16. The lowest BCUT2D eigenvalue weighted by molar-refractivity contribution is -0.124. The molecule has 0 aromatic rings. The van der Waals surface area contributed by atoms with Gasteiger partial charge in [-0.05, 0) is 19.8 Å². The average Bonchev–Trinajstić information content (AvgIpc) is 2.30. The van der Waals surface area contributed by atoms with E-state index in [1.54, 1.807) is 0 Å². The second kappa shape index (κ2) is 6.07. The summed E-state index contributed by atoms with van der Waals surface area (Å²) in [6.45, 7) is 4.66. The van der Waals surface area contributed by atoms with Gasteiger partial charge in [-0.25, -0.2) is 0 Å². The molecule has 4 nitrogen and oxygen atoms in total. The Balaban J connectivity index is 1.75. The van der Waals surface area contributed by atoms with Gasteiger partial charge in [0.2, 0.25) is 5.91 Å². The van der Waals surface area contributed by atoms with Crippen molar-refractivity contribution in [3.05, 3.63) is 0 Å². The van der Waals surface area contributed by atoms with Crippen molar-refractivity contribution in [2.75, 3.05) is 31.3 Å². The minimum atomic E-state index is -0.0584. The van der Waals surface area contributed by atoms with Gasteiger partial charge in [-0.3, -0.25) is 4.79 Å². The summed E-state index contributed by atoms with van der Waals surface area (Å²) in [5.41, 5.74) is -0.0584. The fourth-order valence-corrected chi connectivity index (χ4v) is 3.26. The molecule has 17 heavy (non-hydrogen) atoms. The molecule has 2 aliphatic heterocycles. The van der Waals surface area contributed by atoms with E-state index in [9.17, 15) is 4.79 Å². The van der Waals surface area contributed by atoms with E-state index in [2.05, 4.69) is 17.6 Å². The highest BCUT2D eigenvalue weighted by Crippen LogP contribution is 2.20. The summed E-state index contributed by atoms with van der Waals surface area (Å²) < 4.78 is 5.33. The van der Waals surface area contributed by atoms with Crippen LogP contribution in [0.2, 0.25) is 0 Å². The smallest absolute Gasteiger partial charge is 0.222 e. The lowest BCUT2D eigenvalue weighted by Crippen LogP contribution is -2.51. The Morgan fingerprint density at radius 1 is 1.53 bits per heavy atom. The third-order valence-electron chi connectivity index (χ3n) is 3.47. The minimum absolute atomic E-state index is 0.0584. The van der Waals surface area contributed by atoms with Gasteiger partial charge in [0.1, 0.15) is 0 Å². The molecular weight excluding hydrogens is 236 g/mol. The van der Waals surface area contributed by atoms with E-state index in [1.165, 1.54) is 0 Å². The van der Waals surface area contributed by atoms with Gasteiger partial charge >= 0.3 is 0 Å². The molecule has 0 radical (unpaired) electrons. The van der Waals surface area contributed by atoms with Crippen LogP contribution >= 0.6 is 11.8 Å². The van der Waals surface area contributed by atoms with Crippen LogP contribution in [0.1, 0.15) is 26.2 Å². The van der Waals surface area contributed by atoms with Crippen LogP contribution in [0, 0.1) is 0 Å². The number of nitrogens with one attached hydrogen (secondary N) is 2. The first kappa shape index (κ1) is 13.2. The molecule has 2 saturated heterocycles. The number of ether oxygens (including phenoxy) is 1. The quantitative estimate of drug-likeness (QED) is 0.785. The van der Waals surface area contributed by atoms with Crippen molar-refractivity contribution in [3.8, 4) is 0 Å². The second-order valence-corrected chi connectivity index (χ2v) is 6.30. The molecule has 1 unspecified atom stereocenters. The lowest BCUT2D eigenvalue weighted by Gasteiger charge is -2.35. The van der Waals surface area contributed by atoms with Gasteiger partial charge in [0.15, 0.2) is 0 Å². The summed E-state index contributed by atoms with van der Waals surface area (Å²) in [7, 11) is 0. The lowest BCUT2D eigenvalue weighted by atomic mass is 9.92. The molecule has 2 N–H and O–H groups in total. The Morgan fingerprint density at radius 2 is 2.29 bits per heavy atom. The van der Waals surface area contributed by atoms with Crippen LogP contribution < -0.4 is 10.6 Å². The second-order valence-electron chi connectivity index (χ2n) is 5.15. The van der Waals surface area contributed by atoms with Crippen LogP contribution in [0.4, 0.5) is 0 Å². The number of amides is 1. The number of carbonyl (C=O) groups excluding carboxylic acids is 1. The molecule has 1 atom stereocenters. The maximum atomic E-state index is 12.0. The maximum absolute atomic E-state index is 12.0. The Labute approximate surface area is 107 Å². The van der Waals surface area contributed by atoms with Gasteiger partial charge in [-0.15, -0.1) is 0 Å². The highest BCUT2D eigenvalue weighted by Gasteiger charge is 2.29. The molecule has 5 heteroatoms. The fourth-order valence-electron chi connectivity index (χ4n) is 2.31. The van der Waals surface area contributed by atoms with Crippen LogP contribution in [0.25, 0.3) is 0 Å². The van der Waals surface area contributed by atoms with Crippen molar-refractivity contribution in [2.24, 2.45) is 0 Å². The highest BCUT2D eigenvalue weighted by molar-refractivity contribution is 7.99. The molecule has 0 aromatic carbocycles. The molecule has 2 heterocycles. The number of hydrogen-bond donors (Lipinski definition) is 2. The molecule has 0 saturated carbocycles. The molecular formula is C12H22N2O2S. The topological polar surface area (TPSA) is 50.4 Å². The van der Waals surface area contributed by atoms with Gasteiger partial charge in [-0.2, -0.15) is 11.8 Å². The molecule has 0 aromatic heterocycles. The first-order valence-electron chi connectivity index (χ1n) is 6.38. The van der Waals surface area contributed by atoms with Crippen molar-refractivity contribution < 1.29 is 9.53 Å². The van der Waals surface area contributed by atoms with Crippen LogP contribution in [0.15, 0.2) is 0 Å². The van der Waals surface area contributed by atoms with Gasteiger partial charge in [0.05, 0.1) is 0 Å².